The number of halogens is 2. The van der Waals surface area contributed by atoms with Gasteiger partial charge in [0.05, 0.1) is 0 Å². The summed E-state index contributed by atoms with van der Waals surface area (Å²) >= 11 is 0. The Morgan fingerprint density at radius 3 is 1.93 bits per heavy atom. The fraction of sp³-hybridized carbons (Fsp3) is 0. The molecule has 14 heavy (non-hydrogen) atoms. The maximum atomic E-state index is 2.12. The zero-order valence-corrected chi connectivity index (χ0v) is 11.4. The number of hydrogen-bond donors (Lipinski definition) is 0. The number of benzene rings is 1. The Bertz CT molecular complexity index is 316. The van der Waals surface area contributed by atoms with E-state index in [2.05, 4.69) is 48.5 Å². The van der Waals surface area contributed by atoms with E-state index in [0.29, 0.717) is 0 Å². The fourth-order valence-electron chi connectivity index (χ4n) is 1.20. The Kier molecular flexibility index (Phi) is 9.82. The van der Waals surface area contributed by atoms with Crippen LogP contribution in [0.15, 0.2) is 54.6 Å². The number of hydrogen-bond acceptors (Lipinski definition) is 0. The summed E-state index contributed by atoms with van der Waals surface area (Å²) in [6, 6.07) is 18.7. The Hall–Kier alpha value is 0.0331. The van der Waals surface area contributed by atoms with Gasteiger partial charge in [-0.05, 0) is 0 Å². The fourth-order valence-corrected chi connectivity index (χ4v) is 1.20. The minimum absolute atomic E-state index is 0. The second-order valence-electron chi connectivity index (χ2n) is 2.54. The van der Waals surface area contributed by atoms with E-state index in [0.717, 1.165) is 0 Å². The van der Waals surface area contributed by atoms with E-state index < -0.39 is 0 Å². The van der Waals surface area contributed by atoms with Crippen molar-refractivity contribution in [1.82, 2.24) is 0 Å². The summed E-state index contributed by atoms with van der Waals surface area (Å²) in [4.78, 5) is 0. The van der Waals surface area contributed by atoms with Crippen LogP contribution in [0.4, 0.5) is 0 Å². The monoisotopic (exact) mass is 301 g/mol. The third kappa shape index (κ3) is 4.04. The third-order valence-corrected chi connectivity index (χ3v) is 1.77. The van der Waals surface area contributed by atoms with Crippen LogP contribution in [0.25, 0.3) is 11.1 Å². The first-order valence-electron chi connectivity index (χ1n) is 3.74. The third-order valence-electron chi connectivity index (χ3n) is 1.77. The van der Waals surface area contributed by atoms with Gasteiger partial charge in [-0.15, -0.1) is 0 Å². The molecule has 0 aliphatic carbocycles. The molecular weight excluding hydrogens is 294 g/mol. The molecular formula is C11H9Cl2Zr. The maximum absolute atomic E-state index is 2.12. The Balaban J connectivity index is 0. The molecule has 2 aromatic carbocycles. The van der Waals surface area contributed by atoms with Gasteiger partial charge in [0, 0.05) is 0 Å². The molecule has 0 aliphatic heterocycles. The van der Waals surface area contributed by atoms with Gasteiger partial charge in [0.15, 0.2) is 0 Å². The molecule has 3 heteroatoms. The predicted molar refractivity (Wildman–Crippen MR) is 47.5 cm³/mol. The van der Waals surface area contributed by atoms with E-state index in [1.165, 1.54) is 11.1 Å². The molecule has 0 N–H and O–H groups in total. The maximum Gasteiger partial charge on any atom is 3.00 e. The van der Waals surface area contributed by atoms with Gasteiger partial charge in [0.25, 0.3) is 0 Å². The second-order valence-corrected chi connectivity index (χ2v) is 2.54. The van der Waals surface area contributed by atoms with Crippen LogP contribution in [-0.4, -0.2) is 0 Å². The molecule has 0 saturated carbocycles. The molecule has 0 amide bonds. The van der Waals surface area contributed by atoms with Gasteiger partial charge in [-0.3, -0.25) is 0 Å². The quantitative estimate of drug-likeness (QED) is 0.495. The van der Waals surface area contributed by atoms with Crippen LogP contribution in [0.2, 0.25) is 0 Å². The van der Waals surface area contributed by atoms with Gasteiger partial charge in [-0.25, -0.2) is 6.07 Å². The summed E-state index contributed by atoms with van der Waals surface area (Å²) in [5, 5.41) is 0. The molecule has 0 nitrogen and oxygen atoms in total. The van der Waals surface area contributed by atoms with Crippen molar-refractivity contribution in [2.75, 3.05) is 0 Å². The van der Waals surface area contributed by atoms with Crippen molar-refractivity contribution in [3.63, 3.8) is 0 Å². The van der Waals surface area contributed by atoms with Crippen LogP contribution in [0.5, 0.6) is 0 Å². The molecule has 0 aliphatic rings. The van der Waals surface area contributed by atoms with Crippen molar-refractivity contribution < 1.29 is 51.0 Å². The Morgan fingerprint density at radius 2 is 1.43 bits per heavy atom. The summed E-state index contributed by atoms with van der Waals surface area (Å²) in [6.07, 6.45) is 0. The molecule has 0 atom stereocenters. The molecule has 2 aromatic rings. The van der Waals surface area contributed by atoms with Crippen LogP contribution in [0, 0.1) is 0 Å². The van der Waals surface area contributed by atoms with Crippen molar-refractivity contribution in [1.29, 1.82) is 0 Å². The smallest absolute Gasteiger partial charge is 1.00 e. The molecule has 0 bridgehead atoms. The molecule has 0 unspecified atom stereocenters. The molecule has 0 saturated heterocycles. The predicted octanol–water partition coefficient (Wildman–Crippen LogP) is -2.92. The zero-order valence-electron chi connectivity index (χ0n) is 7.45. The van der Waals surface area contributed by atoms with Crippen LogP contribution < -0.4 is 24.8 Å². The Labute approximate surface area is 116 Å². The van der Waals surface area contributed by atoms with Crippen LogP contribution in [-0.2, 0) is 26.2 Å². The van der Waals surface area contributed by atoms with E-state index in [9.17, 15) is 0 Å². The van der Waals surface area contributed by atoms with E-state index in [4.69, 9.17) is 0 Å². The van der Waals surface area contributed by atoms with Crippen molar-refractivity contribution >= 4 is 0 Å². The van der Waals surface area contributed by atoms with Crippen molar-refractivity contribution in [3.8, 4) is 11.1 Å². The zero-order chi connectivity index (χ0) is 7.52. The normalized spacial score (nSPS) is 7.71. The van der Waals surface area contributed by atoms with Crippen molar-refractivity contribution in [3.05, 3.63) is 54.6 Å². The molecule has 71 valence electrons. The minimum atomic E-state index is 0. The average molecular weight is 303 g/mol. The van der Waals surface area contributed by atoms with Gasteiger partial charge in [0.2, 0.25) is 0 Å². The summed E-state index contributed by atoms with van der Waals surface area (Å²) < 4.78 is 0. The molecule has 0 spiro atoms. The molecule has 0 fully saturated rings. The molecule has 2 rings (SSSR count). The van der Waals surface area contributed by atoms with Crippen molar-refractivity contribution in [2.24, 2.45) is 0 Å². The first-order valence-corrected chi connectivity index (χ1v) is 3.74. The topological polar surface area (TPSA) is 0 Å². The first kappa shape index (κ1) is 16.5. The second kappa shape index (κ2) is 8.35. The van der Waals surface area contributed by atoms with Crippen LogP contribution in [0.1, 0.15) is 0 Å². The standard InChI is InChI=1S/C11H9.2ClH.Zr/c1-2-6-10(7-3-1)11-8-4-5-9-11;;;/h1-9H;2*1H;/q-1;;;+3/p-2. The summed E-state index contributed by atoms with van der Waals surface area (Å²) in [7, 11) is 0. The van der Waals surface area contributed by atoms with Gasteiger partial charge >= 0.3 is 26.2 Å². The van der Waals surface area contributed by atoms with E-state index >= 15 is 0 Å². The van der Waals surface area contributed by atoms with Gasteiger partial charge in [0.1, 0.15) is 0 Å². The van der Waals surface area contributed by atoms with Gasteiger partial charge in [-0.1, -0.05) is 35.9 Å². The van der Waals surface area contributed by atoms with E-state index in [-0.39, 0.29) is 51.0 Å². The average Bonchev–Trinajstić information content (AvgIpc) is 2.58. The SMILES string of the molecule is [Cl-].[Cl-].[Zr+3].c1ccc(-c2cc[cH-]c2)cc1. The van der Waals surface area contributed by atoms with Crippen LogP contribution >= 0.6 is 0 Å². The molecule has 0 heterocycles. The van der Waals surface area contributed by atoms with Crippen LogP contribution in [0.3, 0.4) is 0 Å². The van der Waals surface area contributed by atoms with Crippen molar-refractivity contribution in [2.45, 2.75) is 0 Å². The first-order chi connectivity index (χ1) is 5.47. The van der Waals surface area contributed by atoms with Gasteiger partial charge < -0.3 is 24.8 Å². The minimum Gasteiger partial charge on any atom is -1.00 e. The summed E-state index contributed by atoms with van der Waals surface area (Å²) in [6.45, 7) is 0. The molecule has 1 radical (unpaired) electrons. The summed E-state index contributed by atoms with van der Waals surface area (Å²) in [5.41, 5.74) is 2.59. The van der Waals surface area contributed by atoms with E-state index in [1.807, 2.05) is 6.07 Å². The summed E-state index contributed by atoms with van der Waals surface area (Å²) in [5.74, 6) is 0. The van der Waals surface area contributed by atoms with E-state index in [1.54, 1.807) is 0 Å². The number of rotatable bonds is 1. The Morgan fingerprint density at radius 1 is 0.786 bits per heavy atom. The largest absolute Gasteiger partial charge is 3.00 e. The molecule has 0 aromatic heterocycles. The van der Waals surface area contributed by atoms with Gasteiger partial charge in [-0.2, -0.15) is 23.8 Å².